The largest absolute Gasteiger partial charge is 0.493 e. The summed E-state index contributed by atoms with van der Waals surface area (Å²) in [7, 11) is 0. The summed E-state index contributed by atoms with van der Waals surface area (Å²) in [6.07, 6.45) is 3.12. The Bertz CT molecular complexity index is 873. The maximum atomic E-state index is 12.2. The Kier molecular flexibility index (Phi) is 6.55. The molecule has 8 heteroatoms. The van der Waals surface area contributed by atoms with Gasteiger partial charge in [0.25, 0.3) is 0 Å². The molecule has 30 heavy (non-hydrogen) atoms. The lowest BCUT2D eigenvalue weighted by atomic mass is 9.91. The van der Waals surface area contributed by atoms with Gasteiger partial charge in [0, 0.05) is 35.6 Å². The lowest BCUT2D eigenvalue weighted by Crippen LogP contribution is -2.47. The standard InChI is InChI=1S/C22H30N4O3S/c1-15-10-16(5-6-18(15)29-14-22(2)7-9-28-13-22)20-25-19(12-30-20)26-21(27)24-17-4-3-8-23-11-17/h5-6,10,12,17,23H,3-4,7-9,11,13-14H2,1-2H3,(H2,24,26,27)/t17-,22+/m0/s1. The molecule has 3 heterocycles. The SMILES string of the molecule is Cc1cc(-c2nc(NC(=O)N[C@H]3CCCNC3)cs2)ccc1OC[C@]1(C)CCOC1. The highest BCUT2D eigenvalue weighted by Gasteiger charge is 2.30. The van der Waals surface area contributed by atoms with Gasteiger partial charge in [0.15, 0.2) is 0 Å². The Hall–Kier alpha value is -2.16. The molecule has 2 aliphatic heterocycles. The number of hydrogen-bond donors (Lipinski definition) is 3. The van der Waals surface area contributed by atoms with Crippen LogP contribution in [0.3, 0.4) is 0 Å². The summed E-state index contributed by atoms with van der Waals surface area (Å²) in [5.41, 5.74) is 2.18. The van der Waals surface area contributed by atoms with Crippen LogP contribution in [0.25, 0.3) is 10.6 Å². The molecule has 1 aromatic heterocycles. The van der Waals surface area contributed by atoms with Crippen molar-refractivity contribution in [2.75, 3.05) is 38.2 Å². The Morgan fingerprint density at radius 2 is 2.37 bits per heavy atom. The first-order valence-electron chi connectivity index (χ1n) is 10.6. The number of benzene rings is 1. The molecule has 0 unspecified atom stereocenters. The summed E-state index contributed by atoms with van der Waals surface area (Å²) < 4.78 is 11.6. The number of carbonyl (C=O) groups is 1. The normalized spacial score (nSPS) is 23.9. The van der Waals surface area contributed by atoms with Crippen molar-refractivity contribution in [3.05, 3.63) is 29.1 Å². The molecule has 2 saturated heterocycles. The lowest BCUT2D eigenvalue weighted by Gasteiger charge is -2.23. The van der Waals surface area contributed by atoms with Gasteiger partial charge in [0.2, 0.25) is 0 Å². The van der Waals surface area contributed by atoms with Gasteiger partial charge < -0.3 is 20.1 Å². The maximum Gasteiger partial charge on any atom is 0.320 e. The van der Waals surface area contributed by atoms with Gasteiger partial charge in [0.1, 0.15) is 16.6 Å². The first-order chi connectivity index (χ1) is 14.5. The number of hydrogen-bond acceptors (Lipinski definition) is 6. The minimum absolute atomic E-state index is 0.0925. The molecular weight excluding hydrogens is 400 g/mol. The average molecular weight is 431 g/mol. The molecule has 2 fully saturated rings. The van der Waals surface area contributed by atoms with Crippen molar-refractivity contribution in [3.63, 3.8) is 0 Å². The highest BCUT2D eigenvalue weighted by atomic mass is 32.1. The van der Waals surface area contributed by atoms with Gasteiger partial charge in [0.05, 0.1) is 13.2 Å². The van der Waals surface area contributed by atoms with Crippen molar-refractivity contribution in [3.8, 4) is 16.3 Å². The van der Waals surface area contributed by atoms with Crippen molar-refractivity contribution in [2.45, 2.75) is 39.2 Å². The van der Waals surface area contributed by atoms with Crippen LogP contribution in [0.4, 0.5) is 10.6 Å². The molecule has 3 N–H and O–H groups in total. The van der Waals surface area contributed by atoms with Crippen LogP contribution >= 0.6 is 11.3 Å². The Labute approximate surface area is 181 Å². The summed E-state index contributed by atoms with van der Waals surface area (Å²) in [5, 5.41) is 11.9. The van der Waals surface area contributed by atoms with Gasteiger partial charge in [-0.3, -0.25) is 5.32 Å². The molecule has 1 aromatic carbocycles. The predicted molar refractivity (Wildman–Crippen MR) is 119 cm³/mol. The molecule has 0 spiro atoms. The van der Waals surface area contributed by atoms with Crippen molar-refractivity contribution in [1.82, 2.24) is 15.6 Å². The summed E-state index contributed by atoms with van der Waals surface area (Å²) in [6.45, 7) is 8.31. The van der Waals surface area contributed by atoms with Crippen LogP contribution in [0.5, 0.6) is 5.75 Å². The van der Waals surface area contributed by atoms with Gasteiger partial charge in [-0.1, -0.05) is 6.92 Å². The van der Waals surface area contributed by atoms with E-state index in [1.54, 1.807) is 0 Å². The number of aromatic nitrogens is 1. The topological polar surface area (TPSA) is 84.5 Å². The molecule has 0 bridgehead atoms. The van der Waals surface area contributed by atoms with E-state index < -0.39 is 0 Å². The molecule has 0 saturated carbocycles. The van der Waals surface area contributed by atoms with E-state index in [9.17, 15) is 4.79 Å². The molecule has 0 radical (unpaired) electrons. The van der Waals surface area contributed by atoms with E-state index in [0.717, 1.165) is 67.4 Å². The van der Waals surface area contributed by atoms with Gasteiger partial charge >= 0.3 is 6.03 Å². The van der Waals surface area contributed by atoms with E-state index >= 15 is 0 Å². The first kappa shape index (κ1) is 21.1. The van der Waals surface area contributed by atoms with E-state index in [-0.39, 0.29) is 17.5 Å². The minimum atomic E-state index is -0.204. The number of ether oxygens (including phenoxy) is 2. The Morgan fingerprint density at radius 3 is 3.10 bits per heavy atom. The number of nitrogens with one attached hydrogen (secondary N) is 3. The number of nitrogens with zero attached hydrogens (tertiary/aromatic N) is 1. The summed E-state index contributed by atoms with van der Waals surface area (Å²) in [5.74, 6) is 1.46. The number of aryl methyl sites for hydroxylation is 1. The molecule has 7 nitrogen and oxygen atoms in total. The number of carbonyl (C=O) groups excluding carboxylic acids is 1. The number of thiazole rings is 1. The van der Waals surface area contributed by atoms with Crippen molar-refractivity contribution in [1.29, 1.82) is 0 Å². The maximum absolute atomic E-state index is 12.2. The quantitative estimate of drug-likeness (QED) is 0.649. The van der Waals surface area contributed by atoms with Crippen molar-refractivity contribution < 1.29 is 14.3 Å². The monoisotopic (exact) mass is 430 g/mol. The highest BCUT2D eigenvalue weighted by Crippen LogP contribution is 2.32. The van der Waals surface area contributed by atoms with Crippen LogP contribution < -0.4 is 20.7 Å². The molecule has 2 atom stereocenters. The zero-order chi connectivity index (χ0) is 21.0. The number of anilines is 1. The smallest absolute Gasteiger partial charge is 0.320 e. The second-order valence-electron chi connectivity index (χ2n) is 8.56. The van der Waals surface area contributed by atoms with E-state index in [1.165, 1.54) is 11.3 Å². The van der Waals surface area contributed by atoms with E-state index in [4.69, 9.17) is 9.47 Å². The molecule has 2 aliphatic rings. The molecule has 4 rings (SSSR count). The van der Waals surface area contributed by atoms with Crippen molar-refractivity contribution in [2.24, 2.45) is 5.41 Å². The van der Waals surface area contributed by atoms with Crippen LogP contribution in [0.1, 0.15) is 31.7 Å². The molecule has 2 amide bonds. The van der Waals surface area contributed by atoms with E-state index in [1.807, 2.05) is 24.4 Å². The molecule has 2 aromatic rings. The minimum Gasteiger partial charge on any atom is -0.493 e. The zero-order valence-corrected chi connectivity index (χ0v) is 18.4. The fraction of sp³-hybridized carbons (Fsp3) is 0.545. The number of piperidine rings is 1. The van der Waals surface area contributed by atoms with Gasteiger partial charge in [-0.15, -0.1) is 11.3 Å². The van der Waals surface area contributed by atoms with Gasteiger partial charge in [-0.2, -0.15) is 0 Å². The number of rotatable bonds is 6. The van der Waals surface area contributed by atoms with Gasteiger partial charge in [-0.05, 0) is 56.5 Å². The second-order valence-corrected chi connectivity index (χ2v) is 9.42. The third kappa shape index (κ3) is 5.30. The fourth-order valence-corrected chi connectivity index (χ4v) is 4.55. The van der Waals surface area contributed by atoms with Crippen molar-refractivity contribution >= 4 is 23.2 Å². The van der Waals surface area contributed by atoms with Gasteiger partial charge in [-0.25, -0.2) is 9.78 Å². The third-order valence-electron chi connectivity index (χ3n) is 5.68. The second kappa shape index (κ2) is 9.32. The predicted octanol–water partition coefficient (Wildman–Crippen LogP) is 3.80. The van der Waals surface area contributed by atoms with E-state index in [2.05, 4.69) is 33.9 Å². The fourth-order valence-electron chi connectivity index (χ4n) is 3.80. The average Bonchev–Trinajstić information content (AvgIpc) is 3.37. The Morgan fingerprint density at radius 1 is 1.47 bits per heavy atom. The van der Waals surface area contributed by atoms with Crippen LogP contribution in [0, 0.1) is 12.3 Å². The van der Waals surface area contributed by atoms with Crippen LogP contribution in [-0.2, 0) is 4.74 Å². The first-order valence-corrected chi connectivity index (χ1v) is 11.4. The number of amides is 2. The third-order valence-corrected chi connectivity index (χ3v) is 6.57. The summed E-state index contributed by atoms with van der Waals surface area (Å²) in [4.78, 5) is 16.8. The van der Waals surface area contributed by atoms with Crippen LogP contribution in [0.15, 0.2) is 23.6 Å². The summed E-state index contributed by atoms with van der Waals surface area (Å²) in [6, 6.07) is 6.07. The zero-order valence-electron chi connectivity index (χ0n) is 17.6. The molecule has 162 valence electrons. The Balaban J connectivity index is 1.34. The van der Waals surface area contributed by atoms with Crippen LogP contribution in [-0.4, -0.2) is 50.0 Å². The molecule has 0 aliphatic carbocycles. The van der Waals surface area contributed by atoms with Crippen LogP contribution in [0.2, 0.25) is 0 Å². The summed E-state index contributed by atoms with van der Waals surface area (Å²) >= 11 is 1.52. The van der Waals surface area contributed by atoms with E-state index in [0.29, 0.717) is 12.4 Å². The lowest BCUT2D eigenvalue weighted by molar-refractivity contribution is 0.117. The number of urea groups is 1. The molecular formula is C22H30N4O3S. The highest BCUT2D eigenvalue weighted by molar-refractivity contribution is 7.13.